The highest BCUT2D eigenvalue weighted by Gasteiger charge is 2.29. The highest BCUT2D eigenvalue weighted by atomic mass is 32.1. The summed E-state index contributed by atoms with van der Waals surface area (Å²) < 4.78 is 6.60. The molecule has 1 aliphatic rings. The zero-order chi connectivity index (χ0) is 9.42. The number of aromatic amines is 2. The molecule has 1 aromatic heterocycles. The predicted molar refractivity (Wildman–Crippen MR) is 46.1 cm³/mol. The first-order valence-corrected chi connectivity index (χ1v) is 4.26. The fourth-order valence-electron chi connectivity index (χ4n) is 1.40. The molecule has 2 rings (SSSR count). The highest BCUT2D eigenvalue weighted by molar-refractivity contribution is 7.71. The van der Waals surface area contributed by atoms with Gasteiger partial charge in [-0.3, -0.25) is 9.67 Å². The van der Waals surface area contributed by atoms with Crippen LogP contribution in [0.2, 0.25) is 0 Å². The molecular weight excluding hydrogens is 194 g/mol. The number of nitrogens with one attached hydrogen (secondary N) is 2. The Morgan fingerprint density at radius 3 is 2.77 bits per heavy atom. The van der Waals surface area contributed by atoms with Crippen LogP contribution in [-0.4, -0.2) is 39.2 Å². The number of rotatable bonds is 1. The summed E-state index contributed by atoms with van der Waals surface area (Å²) in [4.78, 5) is 11.2. The zero-order valence-electron chi connectivity index (χ0n) is 6.69. The van der Waals surface area contributed by atoms with Gasteiger partial charge in [-0.05, 0) is 12.2 Å². The number of nitrogens with zero attached hydrogens (tertiary/aromatic N) is 1. The number of H-pyrrole nitrogens is 2. The van der Waals surface area contributed by atoms with E-state index in [1.807, 2.05) is 0 Å². The summed E-state index contributed by atoms with van der Waals surface area (Å²) in [6.07, 6.45) is -0.663. The molecule has 72 valence electrons. The van der Waals surface area contributed by atoms with Gasteiger partial charge in [-0.15, -0.1) is 0 Å². The second-order valence-corrected chi connectivity index (χ2v) is 3.29. The first-order chi connectivity index (χ1) is 6.20. The third-order valence-electron chi connectivity index (χ3n) is 2.07. The van der Waals surface area contributed by atoms with Gasteiger partial charge in [0.25, 0.3) is 0 Å². The van der Waals surface area contributed by atoms with Crippen molar-refractivity contribution in [2.24, 2.45) is 0 Å². The van der Waals surface area contributed by atoms with Crippen LogP contribution in [0, 0.1) is 4.77 Å². The maximum atomic E-state index is 11.2. The summed E-state index contributed by atoms with van der Waals surface area (Å²) in [5.41, 5.74) is -0.348. The molecule has 1 aromatic rings. The molecule has 1 saturated heterocycles. The SMILES string of the molecule is O=c1[nH][nH]c(=S)n1C1COCC1O. The second kappa shape index (κ2) is 3.09. The van der Waals surface area contributed by atoms with Crippen molar-refractivity contribution in [1.29, 1.82) is 0 Å². The van der Waals surface area contributed by atoms with Crippen LogP contribution in [-0.2, 0) is 4.74 Å². The van der Waals surface area contributed by atoms with Crippen molar-refractivity contribution in [3.8, 4) is 0 Å². The Labute approximate surface area is 78.1 Å². The van der Waals surface area contributed by atoms with Crippen molar-refractivity contribution in [1.82, 2.24) is 14.8 Å². The molecule has 3 N–H and O–H groups in total. The molecule has 13 heavy (non-hydrogen) atoms. The third kappa shape index (κ3) is 1.34. The highest BCUT2D eigenvalue weighted by Crippen LogP contribution is 2.17. The van der Waals surface area contributed by atoms with Crippen molar-refractivity contribution in [2.75, 3.05) is 13.2 Å². The molecule has 2 heterocycles. The van der Waals surface area contributed by atoms with Gasteiger partial charge in [0.2, 0.25) is 0 Å². The minimum atomic E-state index is -0.663. The van der Waals surface area contributed by atoms with Gasteiger partial charge in [-0.1, -0.05) is 0 Å². The maximum absolute atomic E-state index is 11.2. The van der Waals surface area contributed by atoms with E-state index >= 15 is 0 Å². The summed E-state index contributed by atoms with van der Waals surface area (Å²) in [7, 11) is 0. The molecule has 0 amide bonds. The minimum absolute atomic E-state index is 0.247. The van der Waals surface area contributed by atoms with Gasteiger partial charge in [0.05, 0.1) is 19.3 Å². The second-order valence-electron chi connectivity index (χ2n) is 2.90. The largest absolute Gasteiger partial charge is 0.388 e. The van der Waals surface area contributed by atoms with Crippen LogP contribution in [0.1, 0.15) is 6.04 Å². The number of ether oxygens (including phenoxy) is 1. The van der Waals surface area contributed by atoms with Gasteiger partial charge in [0, 0.05) is 0 Å². The minimum Gasteiger partial charge on any atom is -0.388 e. The van der Waals surface area contributed by atoms with E-state index in [-0.39, 0.29) is 23.1 Å². The molecule has 6 nitrogen and oxygen atoms in total. The molecule has 7 heteroatoms. The fraction of sp³-hybridized carbons (Fsp3) is 0.667. The Kier molecular flexibility index (Phi) is 2.06. The van der Waals surface area contributed by atoms with E-state index in [1.54, 1.807) is 0 Å². The van der Waals surface area contributed by atoms with Crippen molar-refractivity contribution < 1.29 is 9.84 Å². The first-order valence-electron chi connectivity index (χ1n) is 3.85. The topological polar surface area (TPSA) is 83.0 Å². The maximum Gasteiger partial charge on any atom is 0.342 e. The van der Waals surface area contributed by atoms with Gasteiger partial charge in [-0.2, -0.15) is 0 Å². The Balaban J connectivity index is 2.45. The van der Waals surface area contributed by atoms with Crippen molar-refractivity contribution in [3.05, 3.63) is 15.3 Å². The normalized spacial score (nSPS) is 28.1. The molecule has 2 atom stereocenters. The van der Waals surface area contributed by atoms with Crippen molar-refractivity contribution >= 4 is 12.2 Å². The molecule has 1 aliphatic heterocycles. The molecule has 0 saturated carbocycles. The van der Waals surface area contributed by atoms with Crippen LogP contribution in [0.5, 0.6) is 0 Å². The van der Waals surface area contributed by atoms with Gasteiger partial charge < -0.3 is 9.84 Å². The fourth-order valence-corrected chi connectivity index (χ4v) is 1.67. The van der Waals surface area contributed by atoms with E-state index in [9.17, 15) is 9.90 Å². The smallest absolute Gasteiger partial charge is 0.342 e. The van der Waals surface area contributed by atoms with Crippen molar-refractivity contribution in [3.63, 3.8) is 0 Å². The number of aliphatic hydroxyl groups is 1. The van der Waals surface area contributed by atoms with E-state index in [0.717, 1.165) is 0 Å². The molecule has 0 aliphatic carbocycles. The Bertz CT molecular complexity index is 378. The molecule has 1 fully saturated rings. The van der Waals surface area contributed by atoms with Crippen LogP contribution in [0.4, 0.5) is 0 Å². The van der Waals surface area contributed by atoms with E-state index in [1.165, 1.54) is 4.57 Å². The Hall–Kier alpha value is -0.920. The number of hydrogen-bond donors (Lipinski definition) is 3. The van der Waals surface area contributed by atoms with Crippen LogP contribution < -0.4 is 5.69 Å². The lowest BCUT2D eigenvalue weighted by atomic mass is 10.2. The first kappa shape index (κ1) is 8.67. The van der Waals surface area contributed by atoms with E-state index in [0.29, 0.717) is 6.61 Å². The van der Waals surface area contributed by atoms with Crippen LogP contribution in [0.25, 0.3) is 0 Å². The Morgan fingerprint density at radius 2 is 2.31 bits per heavy atom. The van der Waals surface area contributed by atoms with Crippen LogP contribution >= 0.6 is 12.2 Å². The van der Waals surface area contributed by atoms with E-state index in [4.69, 9.17) is 17.0 Å². The lowest BCUT2D eigenvalue weighted by molar-refractivity contribution is 0.119. The van der Waals surface area contributed by atoms with Crippen LogP contribution in [0.15, 0.2) is 4.79 Å². The van der Waals surface area contributed by atoms with Gasteiger partial charge in [-0.25, -0.2) is 9.89 Å². The molecular formula is C6H9N3O3S. The van der Waals surface area contributed by atoms with Crippen LogP contribution in [0.3, 0.4) is 0 Å². The number of aromatic nitrogens is 3. The van der Waals surface area contributed by atoms with Gasteiger partial charge in [0.1, 0.15) is 6.10 Å². The number of hydrogen-bond acceptors (Lipinski definition) is 4. The average Bonchev–Trinajstić information content (AvgIpc) is 2.60. The molecule has 0 spiro atoms. The molecule has 0 aromatic carbocycles. The van der Waals surface area contributed by atoms with Crippen molar-refractivity contribution in [2.45, 2.75) is 12.1 Å². The lowest BCUT2D eigenvalue weighted by Gasteiger charge is -2.11. The standard InChI is InChI=1S/C6H9N3O3S/c10-4-2-12-1-3(4)9-5(11)7-8-6(9)13/h3-4,10H,1-2H2,(H,7,11)(H,8,13). The Morgan fingerprint density at radius 1 is 1.54 bits per heavy atom. The van der Waals surface area contributed by atoms with Gasteiger partial charge >= 0.3 is 5.69 Å². The van der Waals surface area contributed by atoms with Gasteiger partial charge in [0.15, 0.2) is 4.77 Å². The summed E-state index contributed by atoms with van der Waals surface area (Å²) in [6.45, 7) is 0.563. The number of aliphatic hydroxyl groups excluding tert-OH is 1. The summed E-state index contributed by atoms with van der Waals surface area (Å²) in [5.74, 6) is 0. The summed E-state index contributed by atoms with van der Waals surface area (Å²) >= 11 is 4.87. The zero-order valence-corrected chi connectivity index (χ0v) is 7.50. The lowest BCUT2D eigenvalue weighted by Crippen LogP contribution is -2.30. The average molecular weight is 203 g/mol. The quantitative estimate of drug-likeness (QED) is 0.520. The molecule has 0 bridgehead atoms. The molecule has 2 unspecified atom stereocenters. The predicted octanol–water partition coefficient (Wildman–Crippen LogP) is -0.834. The third-order valence-corrected chi connectivity index (χ3v) is 2.37. The molecule has 0 radical (unpaired) electrons. The summed E-state index contributed by atoms with van der Waals surface area (Å²) in [5, 5.41) is 14.3. The summed E-state index contributed by atoms with van der Waals surface area (Å²) in [6, 6.07) is -0.373. The van der Waals surface area contributed by atoms with E-state index < -0.39 is 6.10 Å². The monoisotopic (exact) mass is 203 g/mol. The van der Waals surface area contributed by atoms with E-state index in [2.05, 4.69) is 10.2 Å².